The highest BCUT2D eigenvalue weighted by Gasteiger charge is 2.27. The van der Waals surface area contributed by atoms with E-state index < -0.39 is 10.0 Å². The van der Waals surface area contributed by atoms with Gasteiger partial charge in [-0.3, -0.25) is 10.1 Å². The van der Waals surface area contributed by atoms with Gasteiger partial charge in [0.1, 0.15) is 0 Å². The van der Waals surface area contributed by atoms with Crippen molar-refractivity contribution in [2.24, 2.45) is 0 Å². The van der Waals surface area contributed by atoms with Crippen LogP contribution in [0.3, 0.4) is 0 Å². The minimum atomic E-state index is -3.51. The highest BCUT2D eigenvalue weighted by molar-refractivity contribution is 7.89. The monoisotopic (exact) mass is 484 g/mol. The molecule has 1 N–H and O–H groups in total. The molecule has 4 aromatic rings. The van der Waals surface area contributed by atoms with Crippen LogP contribution in [-0.2, 0) is 10.0 Å². The van der Waals surface area contributed by atoms with Crippen LogP contribution in [0, 0.1) is 6.92 Å². The first-order valence-corrected chi connectivity index (χ1v) is 13.1. The number of nitrogens with zero attached hydrogens (tertiary/aromatic N) is 5. The van der Waals surface area contributed by atoms with Crippen molar-refractivity contribution in [1.82, 2.24) is 24.1 Å². The second-order valence-electron chi connectivity index (χ2n) is 8.43. The predicted molar refractivity (Wildman–Crippen MR) is 128 cm³/mol. The van der Waals surface area contributed by atoms with Gasteiger partial charge in [-0.15, -0.1) is 0 Å². The zero-order valence-electron chi connectivity index (χ0n) is 18.6. The first kappa shape index (κ1) is 21.9. The van der Waals surface area contributed by atoms with Crippen LogP contribution < -0.4 is 5.32 Å². The van der Waals surface area contributed by atoms with Gasteiger partial charge >= 0.3 is 0 Å². The Balaban J connectivity index is 1.42. The molecule has 1 aliphatic rings. The molecule has 11 heteroatoms. The quantitative estimate of drug-likeness (QED) is 0.459. The second-order valence-corrected chi connectivity index (χ2v) is 11.4. The minimum Gasteiger partial charge on any atom is -0.298 e. The maximum atomic E-state index is 13.0. The van der Waals surface area contributed by atoms with Crippen LogP contribution in [0.2, 0.25) is 0 Å². The predicted octanol–water partition coefficient (Wildman–Crippen LogP) is 3.97. The zero-order chi connectivity index (χ0) is 23.3. The third-order valence-electron chi connectivity index (χ3n) is 5.78. The summed E-state index contributed by atoms with van der Waals surface area (Å²) in [6.07, 6.45) is 3.48. The number of aromatic nitrogens is 4. The van der Waals surface area contributed by atoms with Crippen LogP contribution in [0.5, 0.6) is 0 Å². The largest absolute Gasteiger partial charge is 0.298 e. The van der Waals surface area contributed by atoms with Gasteiger partial charge in [0.05, 0.1) is 32.6 Å². The molecule has 1 fully saturated rings. The Bertz CT molecular complexity index is 1480. The zero-order valence-corrected chi connectivity index (χ0v) is 20.2. The lowest BCUT2D eigenvalue weighted by Gasteiger charge is -2.15. The molecular formula is C22H24N6O3S2. The molecule has 5 rings (SSSR count). The fourth-order valence-electron chi connectivity index (χ4n) is 4.03. The first-order chi connectivity index (χ1) is 15.7. The topological polar surface area (TPSA) is 110 Å². The molecule has 0 atom stereocenters. The number of aryl methyl sites for hydroxylation is 1. The number of thiazole rings is 1. The van der Waals surface area contributed by atoms with Gasteiger partial charge in [-0.25, -0.2) is 23.1 Å². The lowest BCUT2D eigenvalue weighted by Crippen LogP contribution is -2.27. The number of rotatable bonds is 5. The summed E-state index contributed by atoms with van der Waals surface area (Å²) >= 11 is 1.25. The van der Waals surface area contributed by atoms with Crippen molar-refractivity contribution in [2.45, 2.75) is 44.6 Å². The van der Waals surface area contributed by atoms with Crippen LogP contribution in [0.15, 0.2) is 35.4 Å². The van der Waals surface area contributed by atoms with E-state index in [2.05, 4.69) is 20.4 Å². The number of anilines is 1. The van der Waals surface area contributed by atoms with Crippen molar-refractivity contribution < 1.29 is 13.2 Å². The van der Waals surface area contributed by atoms with E-state index in [0.717, 1.165) is 23.9 Å². The molecule has 1 saturated heterocycles. The van der Waals surface area contributed by atoms with E-state index in [1.807, 2.05) is 18.5 Å². The molecule has 0 bridgehead atoms. The fourth-order valence-corrected chi connectivity index (χ4v) is 6.55. The molecule has 3 aromatic heterocycles. The molecular weight excluding hydrogens is 460 g/mol. The second kappa shape index (κ2) is 8.15. The number of hydrogen-bond acceptors (Lipinski definition) is 7. The summed E-state index contributed by atoms with van der Waals surface area (Å²) in [6.45, 7) is 6.95. The number of hydrogen-bond donors (Lipinski definition) is 1. The lowest BCUT2D eigenvalue weighted by atomic mass is 10.1. The summed E-state index contributed by atoms with van der Waals surface area (Å²) in [4.78, 5) is 22.3. The summed E-state index contributed by atoms with van der Waals surface area (Å²) in [6, 6.07) is 6.85. The number of carbonyl (C=O) groups excluding carboxylic acids is 1. The molecule has 1 aliphatic heterocycles. The Morgan fingerprint density at radius 1 is 1.15 bits per heavy atom. The standard InChI is InChI=1S/C22H24N6O3S2/c1-13(2)28-20-15(12-23-28)10-17(14(3)24-20)21(29)26-22-25-18-7-6-16(11-19(18)32-22)33(30,31)27-8-4-5-9-27/h6-7,10-13H,4-5,8-9H2,1-3H3,(H,25,26,29). The van der Waals surface area contributed by atoms with Crippen LogP contribution in [-0.4, -0.2) is 51.5 Å². The van der Waals surface area contributed by atoms with Gasteiger partial charge in [-0.05, 0) is 57.9 Å². The van der Waals surface area contributed by atoms with Crippen molar-refractivity contribution >= 4 is 53.6 Å². The van der Waals surface area contributed by atoms with Crippen molar-refractivity contribution in [3.8, 4) is 0 Å². The van der Waals surface area contributed by atoms with Crippen LogP contribution in [0.25, 0.3) is 21.3 Å². The number of benzene rings is 1. The summed E-state index contributed by atoms with van der Waals surface area (Å²) in [5.74, 6) is -0.317. The van der Waals surface area contributed by atoms with Crippen LogP contribution >= 0.6 is 11.3 Å². The molecule has 0 spiro atoms. The van der Waals surface area contributed by atoms with E-state index in [9.17, 15) is 13.2 Å². The molecule has 33 heavy (non-hydrogen) atoms. The maximum absolute atomic E-state index is 13.0. The molecule has 9 nitrogen and oxygen atoms in total. The first-order valence-electron chi connectivity index (χ1n) is 10.8. The maximum Gasteiger partial charge on any atom is 0.259 e. The Labute approximate surface area is 195 Å². The Hall–Kier alpha value is -2.89. The summed E-state index contributed by atoms with van der Waals surface area (Å²) in [7, 11) is -3.51. The highest BCUT2D eigenvalue weighted by atomic mass is 32.2. The Morgan fingerprint density at radius 2 is 1.91 bits per heavy atom. The molecule has 172 valence electrons. The number of nitrogens with one attached hydrogen (secondary N) is 1. The molecule has 0 saturated carbocycles. The van der Waals surface area contributed by atoms with E-state index in [0.29, 0.717) is 39.7 Å². The molecule has 0 unspecified atom stereocenters. The number of carbonyl (C=O) groups is 1. The molecule has 1 amide bonds. The van der Waals surface area contributed by atoms with Crippen molar-refractivity contribution in [1.29, 1.82) is 0 Å². The number of amides is 1. The van der Waals surface area contributed by atoms with Crippen LogP contribution in [0.4, 0.5) is 5.13 Å². The van der Waals surface area contributed by atoms with Crippen molar-refractivity contribution in [3.63, 3.8) is 0 Å². The van der Waals surface area contributed by atoms with Gasteiger partial charge in [-0.1, -0.05) is 11.3 Å². The van der Waals surface area contributed by atoms with E-state index in [1.165, 1.54) is 15.6 Å². The number of fused-ring (bicyclic) bond motifs is 2. The molecule has 1 aromatic carbocycles. The fraction of sp³-hybridized carbons (Fsp3) is 0.364. The molecule has 0 aliphatic carbocycles. The normalized spacial score (nSPS) is 15.2. The molecule has 4 heterocycles. The average molecular weight is 485 g/mol. The lowest BCUT2D eigenvalue weighted by molar-refractivity contribution is 0.102. The van der Waals surface area contributed by atoms with Gasteiger partial charge in [0, 0.05) is 24.5 Å². The SMILES string of the molecule is Cc1nc2c(cnn2C(C)C)cc1C(=O)Nc1nc2ccc(S(=O)(=O)N3CCCC3)cc2s1. The average Bonchev–Trinajstić information content (AvgIpc) is 3.51. The van der Waals surface area contributed by atoms with Crippen LogP contribution in [0.1, 0.15) is 48.8 Å². The molecule has 0 radical (unpaired) electrons. The van der Waals surface area contributed by atoms with Gasteiger partial charge in [0.15, 0.2) is 10.8 Å². The summed E-state index contributed by atoms with van der Waals surface area (Å²) in [5.41, 5.74) is 2.43. The van der Waals surface area contributed by atoms with E-state index in [1.54, 1.807) is 37.4 Å². The van der Waals surface area contributed by atoms with Crippen molar-refractivity contribution in [2.75, 3.05) is 18.4 Å². The highest BCUT2D eigenvalue weighted by Crippen LogP contribution is 2.30. The Morgan fingerprint density at radius 3 is 2.64 bits per heavy atom. The van der Waals surface area contributed by atoms with Crippen molar-refractivity contribution in [3.05, 3.63) is 41.7 Å². The summed E-state index contributed by atoms with van der Waals surface area (Å²) < 4.78 is 29.8. The van der Waals surface area contributed by atoms with E-state index >= 15 is 0 Å². The number of sulfonamides is 1. The third-order valence-corrected chi connectivity index (χ3v) is 8.60. The minimum absolute atomic E-state index is 0.163. The summed E-state index contributed by atoms with van der Waals surface area (Å²) in [5, 5.41) is 8.40. The van der Waals surface area contributed by atoms with Gasteiger partial charge in [0.2, 0.25) is 10.0 Å². The van der Waals surface area contributed by atoms with Gasteiger partial charge < -0.3 is 0 Å². The third kappa shape index (κ3) is 3.90. The Kier molecular flexibility index (Phi) is 5.42. The van der Waals surface area contributed by atoms with Gasteiger partial charge in [0.25, 0.3) is 5.91 Å². The van der Waals surface area contributed by atoms with E-state index in [4.69, 9.17) is 0 Å². The van der Waals surface area contributed by atoms with Gasteiger partial charge in [-0.2, -0.15) is 9.40 Å². The smallest absolute Gasteiger partial charge is 0.259 e. The number of pyridine rings is 1. The van der Waals surface area contributed by atoms with E-state index in [-0.39, 0.29) is 16.8 Å².